The van der Waals surface area contributed by atoms with Crippen molar-refractivity contribution in [2.75, 3.05) is 0 Å². The van der Waals surface area contributed by atoms with Gasteiger partial charge >= 0.3 is 0 Å². The van der Waals surface area contributed by atoms with E-state index >= 15 is 0 Å². The Balaban J connectivity index is 2.96. The fourth-order valence-corrected chi connectivity index (χ4v) is 1.61. The van der Waals surface area contributed by atoms with Gasteiger partial charge in [0.05, 0.1) is 5.69 Å². The van der Waals surface area contributed by atoms with Gasteiger partial charge in [-0.3, -0.25) is 4.79 Å². The summed E-state index contributed by atoms with van der Waals surface area (Å²) in [6.45, 7) is 0. The van der Waals surface area contributed by atoms with Gasteiger partial charge in [-0.1, -0.05) is 11.8 Å². The van der Waals surface area contributed by atoms with E-state index in [2.05, 4.69) is 10.2 Å². The fraction of sp³-hybridized carbons (Fsp3) is 0.0833. The third-order valence-electron chi connectivity index (χ3n) is 1.97. The number of Topliss-reactive ketones (excluding diaryl/α,β-unsaturated/α-hetero) is 1. The minimum absolute atomic E-state index is 0.197. The summed E-state index contributed by atoms with van der Waals surface area (Å²) >= 11 is 0.353. The number of allylic oxidation sites excluding steroid dienone is 2. The smallest absolute Gasteiger partial charge is 0.288 e. The summed E-state index contributed by atoms with van der Waals surface area (Å²) in [5.41, 5.74) is -0.589. The van der Waals surface area contributed by atoms with Crippen molar-refractivity contribution in [1.29, 1.82) is 10.5 Å². The zero-order chi connectivity index (χ0) is 15.8. The molecule has 1 aromatic rings. The normalized spacial score (nSPS) is 11.9. The van der Waals surface area contributed by atoms with Crippen molar-refractivity contribution < 1.29 is 18.7 Å². The Bertz CT molecular complexity index is 672. The SMILES string of the molecule is N#CC(=O)/C(N=Nc1ccc(SC(F)F)cc1)=C(/O)C#N. The molecule has 1 aromatic carbocycles. The molecular weight excluding hydrogens is 302 g/mol. The van der Waals surface area contributed by atoms with Gasteiger partial charge < -0.3 is 5.11 Å². The van der Waals surface area contributed by atoms with Crippen LogP contribution in [-0.4, -0.2) is 16.6 Å². The summed E-state index contributed by atoms with van der Waals surface area (Å²) in [4.78, 5) is 11.5. The largest absolute Gasteiger partial charge is 0.498 e. The van der Waals surface area contributed by atoms with Crippen LogP contribution in [0.15, 0.2) is 50.8 Å². The molecule has 0 unspecified atom stereocenters. The number of alkyl halides is 2. The number of benzene rings is 1. The average molecular weight is 308 g/mol. The zero-order valence-electron chi connectivity index (χ0n) is 10.2. The third kappa shape index (κ3) is 5.01. The fourth-order valence-electron chi connectivity index (χ4n) is 1.11. The first-order chi connectivity index (χ1) is 9.97. The first-order valence-electron chi connectivity index (χ1n) is 5.22. The Hall–Kier alpha value is -2.78. The number of carbonyl (C=O) groups is 1. The first-order valence-corrected chi connectivity index (χ1v) is 6.10. The zero-order valence-corrected chi connectivity index (χ0v) is 11.0. The summed E-state index contributed by atoms with van der Waals surface area (Å²) in [7, 11) is 0. The molecule has 0 aromatic heterocycles. The summed E-state index contributed by atoms with van der Waals surface area (Å²) in [6.07, 6.45) is 0. The number of carbonyl (C=O) groups excluding carboxylic acids is 1. The minimum Gasteiger partial charge on any atom is -0.498 e. The van der Waals surface area contributed by atoms with Gasteiger partial charge in [0.2, 0.25) is 5.76 Å². The van der Waals surface area contributed by atoms with Crippen LogP contribution in [0.5, 0.6) is 0 Å². The Labute approximate surface area is 122 Å². The van der Waals surface area contributed by atoms with Crippen LogP contribution < -0.4 is 0 Å². The van der Waals surface area contributed by atoms with E-state index in [1.54, 1.807) is 0 Å². The second-order valence-electron chi connectivity index (χ2n) is 3.32. The highest BCUT2D eigenvalue weighted by molar-refractivity contribution is 7.99. The Kier molecular flexibility index (Phi) is 5.99. The molecule has 0 bridgehead atoms. The van der Waals surface area contributed by atoms with E-state index in [0.717, 1.165) is 0 Å². The lowest BCUT2D eigenvalue weighted by molar-refractivity contribution is -0.110. The quantitative estimate of drug-likeness (QED) is 0.170. The van der Waals surface area contributed by atoms with Crippen LogP contribution in [0.1, 0.15) is 0 Å². The highest BCUT2D eigenvalue weighted by atomic mass is 32.2. The molecule has 1 N–H and O–H groups in total. The maximum Gasteiger partial charge on any atom is 0.288 e. The van der Waals surface area contributed by atoms with Gasteiger partial charge in [0.15, 0.2) is 5.70 Å². The predicted octanol–water partition coefficient (Wildman–Crippen LogP) is 3.47. The van der Waals surface area contributed by atoms with E-state index in [-0.39, 0.29) is 5.69 Å². The maximum atomic E-state index is 12.1. The van der Waals surface area contributed by atoms with Crippen LogP contribution in [0.2, 0.25) is 0 Å². The van der Waals surface area contributed by atoms with Crippen molar-refractivity contribution in [1.82, 2.24) is 0 Å². The van der Waals surface area contributed by atoms with Crippen molar-refractivity contribution >= 4 is 23.2 Å². The number of nitriles is 2. The van der Waals surface area contributed by atoms with Gasteiger partial charge in [0.1, 0.15) is 12.1 Å². The molecule has 9 heteroatoms. The van der Waals surface area contributed by atoms with Crippen LogP contribution in [0, 0.1) is 22.7 Å². The molecule has 1 rings (SSSR count). The molecule has 0 saturated carbocycles. The molecular formula is C12H6F2N4O2S. The molecule has 21 heavy (non-hydrogen) atoms. The predicted molar refractivity (Wildman–Crippen MR) is 68.7 cm³/mol. The summed E-state index contributed by atoms with van der Waals surface area (Å²) in [5.74, 6) is -4.80. The molecule has 6 nitrogen and oxygen atoms in total. The van der Waals surface area contributed by atoms with Crippen LogP contribution in [0.3, 0.4) is 0 Å². The van der Waals surface area contributed by atoms with E-state index in [0.29, 0.717) is 16.7 Å². The summed E-state index contributed by atoms with van der Waals surface area (Å²) < 4.78 is 24.2. The Morgan fingerprint density at radius 3 is 2.33 bits per heavy atom. The summed E-state index contributed by atoms with van der Waals surface area (Å²) in [6, 6.07) is 7.91. The number of aliphatic hydroxyl groups excluding tert-OH is 1. The summed E-state index contributed by atoms with van der Waals surface area (Å²) in [5, 5.41) is 32.9. The van der Waals surface area contributed by atoms with Crippen molar-refractivity contribution in [2.24, 2.45) is 10.2 Å². The lowest BCUT2D eigenvalue weighted by Gasteiger charge is -1.99. The number of thioether (sulfide) groups is 1. The molecule has 0 spiro atoms. The average Bonchev–Trinajstić information content (AvgIpc) is 2.47. The third-order valence-corrected chi connectivity index (χ3v) is 2.70. The van der Waals surface area contributed by atoms with Gasteiger partial charge in [-0.2, -0.15) is 24.4 Å². The van der Waals surface area contributed by atoms with Crippen LogP contribution in [0.25, 0.3) is 0 Å². The Morgan fingerprint density at radius 1 is 1.24 bits per heavy atom. The number of rotatable bonds is 5. The number of hydrogen-bond acceptors (Lipinski definition) is 7. The van der Waals surface area contributed by atoms with Crippen LogP contribution >= 0.6 is 11.8 Å². The van der Waals surface area contributed by atoms with E-state index in [1.807, 2.05) is 0 Å². The first kappa shape index (κ1) is 16.3. The highest BCUT2D eigenvalue weighted by Gasteiger charge is 2.14. The standard InChI is InChI=1S/C12H6F2N4O2S/c13-12(14)21-8-3-1-7(2-4-8)17-18-11(9(19)5-15)10(20)6-16/h1-4,12,19H/b11-9-,18-17?. The van der Waals surface area contributed by atoms with Gasteiger partial charge in [0, 0.05) is 4.90 Å². The minimum atomic E-state index is -2.55. The molecule has 0 amide bonds. The Morgan fingerprint density at radius 2 is 1.86 bits per heavy atom. The van der Waals surface area contributed by atoms with Crippen LogP contribution in [0.4, 0.5) is 14.5 Å². The van der Waals surface area contributed by atoms with Gasteiger partial charge in [-0.15, -0.1) is 5.11 Å². The molecule has 0 fully saturated rings. The number of halogens is 2. The van der Waals surface area contributed by atoms with Crippen molar-refractivity contribution in [3.8, 4) is 12.1 Å². The highest BCUT2D eigenvalue weighted by Crippen LogP contribution is 2.27. The topological polar surface area (TPSA) is 110 Å². The van der Waals surface area contributed by atoms with Gasteiger partial charge in [-0.25, -0.2) is 0 Å². The van der Waals surface area contributed by atoms with Crippen molar-refractivity contribution in [3.63, 3.8) is 0 Å². The molecule has 106 valence electrons. The second kappa shape index (κ2) is 7.72. The second-order valence-corrected chi connectivity index (χ2v) is 4.39. The lowest BCUT2D eigenvalue weighted by atomic mass is 10.3. The molecule has 0 atom stereocenters. The van der Waals surface area contributed by atoms with Gasteiger partial charge in [-0.05, 0) is 24.3 Å². The number of nitrogens with zero attached hydrogens (tertiary/aromatic N) is 4. The van der Waals surface area contributed by atoms with E-state index in [4.69, 9.17) is 15.6 Å². The number of aliphatic hydroxyl groups is 1. The molecule has 0 aliphatic carbocycles. The molecule has 0 aliphatic rings. The van der Waals surface area contributed by atoms with Gasteiger partial charge in [0.25, 0.3) is 11.5 Å². The molecule has 0 aliphatic heterocycles. The molecule has 0 saturated heterocycles. The van der Waals surface area contributed by atoms with E-state index in [9.17, 15) is 13.6 Å². The molecule has 0 heterocycles. The molecule has 0 radical (unpaired) electrons. The van der Waals surface area contributed by atoms with Crippen LogP contribution in [-0.2, 0) is 4.79 Å². The van der Waals surface area contributed by atoms with Crippen molar-refractivity contribution in [2.45, 2.75) is 10.7 Å². The van der Waals surface area contributed by atoms with E-state index in [1.165, 1.54) is 36.4 Å². The van der Waals surface area contributed by atoms with Crippen molar-refractivity contribution in [3.05, 3.63) is 35.7 Å². The maximum absolute atomic E-state index is 12.1. The lowest BCUT2D eigenvalue weighted by Crippen LogP contribution is -1.99. The van der Waals surface area contributed by atoms with E-state index < -0.39 is 23.0 Å². The number of ketones is 1. The number of hydrogen-bond donors (Lipinski definition) is 1. The number of azo groups is 1. The monoisotopic (exact) mass is 308 g/mol.